The summed E-state index contributed by atoms with van der Waals surface area (Å²) < 4.78 is 30.5. The minimum atomic E-state index is -3.43. The van der Waals surface area contributed by atoms with Gasteiger partial charge >= 0.3 is 5.97 Å². The van der Waals surface area contributed by atoms with Crippen LogP contribution < -0.4 is 4.31 Å². The maximum Gasteiger partial charge on any atom is 0.308 e. The molecule has 8 heteroatoms. The van der Waals surface area contributed by atoms with Crippen molar-refractivity contribution in [2.24, 2.45) is 5.92 Å². The van der Waals surface area contributed by atoms with Crippen molar-refractivity contribution >= 4 is 27.6 Å². The SMILES string of the molecule is COC(=O)C1CCN(C(=O)CCCN(c2ccccc2C)S(C)(=O)=O)CC1. The van der Waals surface area contributed by atoms with E-state index >= 15 is 0 Å². The van der Waals surface area contributed by atoms with Crippen molar-refractivity contribution in [3.05, 3.63) is 29.8 Å². The number of amides is 1. The molecule has 0 bridgehead atoms. The lowest BCUT2D eigenvalue weighted by atomic mass is 9.97. The number of aryl methyl sites for hydroxylation is 1. The number of carbonyl (C=O) groups excluding carboxylic acids is 2. The third-order valence-corrected chi connectivity index (χ3v) is 6.10. The molecule has 0 aliphatic carbocycles. The minimum Gasteiger partial charge on any atom is -0.469 e. The third-order valence-electron chi connectivity index (χ3n) is 4.92. The molecule has 1 aromatic rings. The number of piperidine rings is 1. The number of nitrogens with zero attached hydrogens (tertiary/aromatic N) is 2. The Morgan fingerprint density at radius 2 is 1.85 bits per heavy atom. The number of sulfonamides is 1. The number of para-hydroxylation sites is 1. The van der Waals surface area contributed by atoms with Crippen LogP contribution in [0.3, 0.4) is 0 Å². The van der Waals surface area contributed by atoms with Crippen molar-refractivity contribution in [2.75, 3.05) is 37.3 Å². The fraction of sp³-hybridized carbons (Fsp3) is 0.579. The molecule has 1 amide bonds. The van der Waals surface area contributed by atoms with E-state index in [0.717, 1.165) is 5.56 Å². The van der Waals surface area contributed by atoms with Gasteiger partial charge in [0, 0.05) is 26.1 Å². The Balaban J connectivity index is 1.89. The zero-order valence-corrected chi connectivity index (χ0v) is 17.0. The summed E-state index contributed by atoms with van der Waals surface area (Å²) >= 11 is 0. The second kappa shape index (κ2) is 9.21. The van der Waals surface area contributed by atoms with Gasteiger partial charge in [-0.3, -0.25) is 13.9 Å². The molecule has 1 aliphatic heterocycles. The van der Waals surface area contributed by atoms with Gasteiger partial charge in [0.25, 0.3) is 0 Å². The van der Waals surface area contributed by atoms with Gasteiger partial charge in [-0.2, -0.15) is 0 Å². The predicted molar refractivity (Wildman–Crippen MR) is 104 cm³/mol. The number of likely N-dealkylation sites (tertiary alicyclic amines) is 1. The van der Waals surface area contributed by atoms with E-state index < -0.39 is 10.0 Å². The molecule has 1 aliphatic rings. The lowest BCUT2D eigenvalue weighted by Crippen LogP contribution is -2.41. The lowest BCUT2D eigenvalue weighted by Gasteiger charge is -2.31. The maximum atomic E-state index is 12.4. The summed E-state index contributed by atoms with van der Waals surface area (Å²) in [5.74, 6) is -0.360. The van der Waals surface area contributed by atoms with Gasteiger partial charge in [-0.15, -0.1) is 0 Å². The van der Waals surface area contributed by atoms with Crippen LogP contribution in [0.2, 0.25) is 0 Å². The van der Waals surface area contributed by atoms with Crippen LogP contribution in [-0.4, -0.2) is 58.2 Å². The monoisotopic (exact) mass is 396 g/mol. The Labute approximate surface area is 161 Å². The lowest BCUT2D eigenvalue weighted by molar-refractivity contribution is -0.148. The first-order valence-electron chi connectivity index (χ1n) is 9.13. The van der Waals surface area contributed by atoms with Crippen molar-refractivity contribution in [2.45, 2.75) is 32.6 Å². The van der Waals surface area contributed by atoms with Crippen molar-refractivity contribution in [1.29, 1.82) is 0 Å². The van der Waals surface area contributed by atoms with Crippen LogP contribution >= 0.6 is 0 Å². The fourth-order valence-corrected chi connectivity index (χ4v) is 4.39. The molecule has 0 N–H and O–H groups in total. The molecule has 150 valence electrons. The Bertz CT molecular complexity index is 770. The zero-order valence-electron chi connectivity index (χ0n) is 16.2. The number of ether oxygens (including phenoxy) is 1. The number of methoxy groups -OCH3 is 1. The summed E-state index contributed by atoms with van der Waals surface area (Å²) in [4.78, 5) is 25.7. The quantitative estimate of drug-likeness (QED) is 0.658. The minimum absolute atomic E-state index is 0.00319. The number of esters is 1. The molecule has 0 radical (unpaired) electrons. The van der Waals surface area contributed by atoms with E-state index in [0.29, 0.717) is 38.0 Å². The first-order valence-corrected chi connectivity index (χ1v) is 11.0. The van der Waals surface area contributed by atoms with Crippen LogP contribution in [0.15, 0.2) is 24.3 Å². The average molecular weight is 397 g/mol. The topological polar surface area (TPSA) is 84.0 Å². The van der Waals surface area contributed by atoms with Gasteiger partial charge < -0.3 is 9.64 Å². The molecule has 0 spiro atoms. The summed E-state index contributed by atoms with van der Waals surface area (Å²) in [6.45, 7) is 3.19. The largest absolute Gasteiger partial charge is 0.469 e. The highest BCUT2D eigenvalue weighted by Gasteiger charge is 2.28. The molecule has 0 atom stereocenters. The number of carbonyl (C=O) groups is 2. The summed E-state index contributed by atoms with van der Waals surface area (Å²) in [6.07, 6.45) is 3.12. The van der Waals surface area contributed by atoms with Gasteiger partial charge in [0.05, 0.1) is 25.0 Å². The Morgan fingerprint density at radius 1 is 1.22 bits per heavy atom. The Morgan fingerprint density at radius 3 is 2.41 bits per heavy atom. The maximum absolute atomic E-state index is 12.4. The van der Waals surface area contributed by atoms with Crippen LogP contribution in [0.25, 0.3) is 0 Å². The summed E-state index contributed by atoms with van der Waals surface area (Å²) in [7, 11) is -2.05. The molecule has 2 rings (SSSR count). The van der Waals surface area contributed by atoms with Crippen LogP contribution in [0.5, 0.6) is 0 Å². The fourth-order valence-electron chi connectivity index (χ4n) is 3.37. The molecule has 7 nitrogen and oxygen atoms in total. The number of anilines is 1. The zero-order chi connectivity index (χ0) is 20.0. The van der Waals surface area contributed by atoms with Crippen LogP contribution in [-0.2, 0) is 24.3 Å². The van der Waals surface area contributed by atoms with Gasteiger partial charge in [0.1, 0.15) is 0 Å². The molecule has 27 heavy (non-hydrogen) atoms. The van der Waals surface area contributed by atoms with Gasteiger partial charge in [0.15, 0.2) is 0 Å². The molecule has 1 heterocycles. The second-order valence-electron chi connectivity index (χ2n) is 6.90. The van der Waals surface area contributed by atoms with E-state index in [1.54, 1.807) is 17.0 Å². The summed E-state index contributed by atoms with van der Waals surface area (Å²) in [5, 5.41) is 0. The predicted octanol–water partition coefficient (Wildman–Crippen LogP) is 1.95. The first-order chi connectivity index (χ1) is 12.7. The first kappa shape index (κ1) is 21.2. The normalized spacial score (nSPS) is 15.4. The van der Waals surface area contributed by atoms with E-state index in [-0.39, 0.29) is 30.8 Å². The summed E-state index contributed by atoms with van der Waals surface area (Å²) in [6, 6.07) is 7.30. The highest BCUT2D eigenvalue weighted by molar-refractivity contribution is 7.92. The van der Waals surface area contributed by atoms with E-state index in [2.05, 4.69) is 0 Å². The number of hydrogen-bond acceptors (Lipinski definition) is 5. The number of hydrogen-bond donors (Lipinski definition) is 0. The van der Waals surface area contributed by atoms with Crippen molar-refractivity contribution in [1.82, 2.24) is 4.90 Å². The highest BCUT2D eigenvalue weighted by Crippen LogP contribution is 2.23. The number of benzene rings is 1. The van der Waals surface area contributed by atoms with Crippen molar-refractivity contribution < 1.29 is 22.7 Å². The molecule has 1 fully saturated rings. The summed E-state index contributed by atoms with van der Waals surface area (Å²) in [5.41, 5.74) is 1.52. The van der Waals surface area contributed by atoms with Gasteiger partial charge in [0.2, 0.25) is 15.9 Å². The second-order valence-corrected chi connectivity index (χ2v) is 8.81. The van der Waals surface area contributed by atoms with Crippen molar-refractivity contribution in [3.63, 3.8) is 0 Å². The van der Waals surface area contributed by atoms with E-state index in [1.165, 1.54) is 17.7 Å². The van der Waals surface area contributed by atoms with E-state index in [4.69, 9.17) is 4.74 Å². The average Bonchev–Trinajstić information content (AvgIpc) is 2.64. The van der Waals surface area contributed by atoms with Gasteiger partial charge in [-0.1, -0.05) is 18.2 Å². The van der Waals surface area contributed by atoms with E-state index in [9.17, 15) is 18.0 Å². The van der Waals surface area contributed by atoms with Crippen LogP contribution in [0.4, 0.5) is 5.69 Å². The molecular weight excluding hydrogens is 368 g/mol. The Kier molecular flexibility index (Phi) is 7.24. The van der Waals surface area contributed by atoms with Crippen LogP contribution in [0.1, 0.15) is 31.2 Å². The van der Waals surface area contributed by atoms with Gasteiger partial charge in [-0.05, 0) is 37.8 Å². The molecular formula is C19H28N2O5S. The van der Waals surface area contributed by atoms with Crippen LogP contribution in [0, 0.1) is 12.8 Å². The molecule has 1 saturated heterocycles. The molecule has 0 aromatic heterocycles. The van der Waals surface area contributed by atoms with Crippen molar-refractivity contribution in [3.8, 4) is 0 Å². The molecule has 1 aromatic carbocycles. The third kappa shape index (κ3) is 5.69. The van der Waals surface area contributed by atoms with E-state index in [1.807, 2.05) is 19.1 Å². The highest BCUT2D eigenvalue weighted by atomic mass is 32.2. The van der Waals surface area contributed by atoms with Gasteiger partial charge in [-0.25, -0.2) is 8.42 Å². The molecule has 0 unspecified atom stereocenters. The smallest absolute Gasteiger partial charge is 0.308 e. The molecule has 0 saturated carbocycles. The number of rotatable bonds is 7. The standard InChI is InChI=1S/C19H28N2O5S/c1-15-7-4-5-8-17(15)21(27(3,24)25)12-6-9-18(22)20-13-10-16(11-14-20)19(23)26-2/h4-5,7-8,16H,6,9-14H2,1-3H3. The Hall–Kier alpha value is -2.09.